The topological polar surface area (TPSA) is 35.6 Å². The molecule has 2 heterocycles. The highest BCUT2D eigenvalue weighted by molar-refractivity contribution is 5.18. The number of hydrogen-bond donors (Lipinski definition) is 0. The molecule has 0 fully saturated rings. The molecule has 0 N–H and O–H groups in total. The van der Waals surface area contributed by atoms with E-state index in [4.69, 9.17) is 0 Å². The predicted molar refractivity (Wildman–Crippen MR) is 93.5 cm³/mol. The highest BCUT2D eigenvalue weighted by Crippen LogP contribution is 2.19. The molecule has 2 rings (SSSR count). The van der Waals surface area contributed by atoms with Gasteiger partial charge in [-0.15, -0.1) is 0 Å². The molecule has 0 bridgehead atoms. The van der Waals surface area contributed by atoms with Crippen LogP contribution >= 0.6 is 0 Å². The molecular formula is C18H32N4. The molecular weight excluding hydrogens is 272 g/mol. The first-order valence-electron chi connectivity index (χ1n) is 8.07. The van der Waals surface area contributed by atoms with Crippen molar-refractivity contribution in [3.05, 3.63) is 34.4 Å². The van der Waals surface area contributed by atoms with Crippen LogP contribution in [0.25, 0.3) is 0 Å². The van der Waals surface area contributed by atoms with Crippen LogP contribution in [-0.2, 0) is 14.1 Å². The maximum Gasteiger partial charge on any atom is 0.105 e. The number of rotatable bonds is 2. The zero-order chi connectivity index (χ0) is 17.2. The van der Waals surface area contributed by atoms with Crippen LogP contribution in [-0.4, -0.2) is 19.1 Å². The van der Waals surface area contributed by atoms with E-state index in [9.17, 15) is 0 Å². The van der Waals surface area contributed by atoms with Crippen molar-refractivity contribution in [1.29, 1.82) is 0 Å². The molecule has 4 nitrogen and oxygen atoms in total. The standard InChI is InChI=1S/2C9H16N2/c1-6(2)9-7(3)11(5)8(4)10-9;1-6(2)9-7(3)10-8(4)11(9)5/h2*6H,1-5H3. The number of hydrogen-bond acceptors (Lipinski definition) is 2. The van der Waals surface area contributed by atoms with E-state index < -0.39 is 0 Å². The van der Waals surface area contributed by atoms with Crippen molar-refractivity contribution in [3.63, 3.8) is 0 Å². The van der Waals surface area contributed by atoms with Gasteiger partial charge in [0.2, 0.25) is 0 Å². The minimum absolute atomic E-state index is 0.537. The van der Waals surface area contributed by atoms with Crippen LogP contribution in [0, 0.1) is 27.7 Å². The molecule has 0 unspecified atom stereocenters. The quantitative estimate of drug-likeness (QED) is 0.828. The Kier molecular flexibility index (Phi) is 5.98. The monoisotopic (exact) mass is 304 g/mol. The summed E-state index contributed by atoms with van der Waals surface area (Å²) < 4.78 is 4.30. The van der Waals surface area contributed by atoms with Gasteiger partial charge in [0, 0.05) is 25.5 Å². The molecule has 0 radical (unpaired) electrons. The van der Waals surface area contributed by atoms with Gasteiger partial charge in [-0.25, -0.2) is 9.97 Å². The fourth-order valence-electron chi connectivity index (χ4n) is 2.89. The van der Waals surface area contributed by atoms with E-state index in [2.05, 4.69) is 74.7 Å². The highest BCUT2D eigenvalue weighted by Gasteiger charge is 2.11. The zero-order valence-corrected chi connectivity index (χ0v) is 15.9. The van der Waals surface area contributed by atoms with E-state index in [0.29, 0.717) is 11.8 Å². The maximum atomic E-state index is 4.47. The summed E-state index contributed by atoms with van der Waals surface area (Å²) in [6, 6.07) is 0. The van der Waals surface area contributed by atoms with Crippen molar-refractivity contribution in [3.8, 4) is 0 Å². The highest BCUT2D eigenvalue weighted by atomic mass is 15.1. The summed E-state index contributed by atoms with van der Waals surface area (Å²) in [6.07, 6.45) is 0. The van der Waals surface area contributed by atoms with E-state index in [1.165, 1.54) is 22.8 Å². The van der Waals surface area contributed by atoms with Gasteiger partial charge in [0.15, 0.2) is 0 Å². The average molecular weight is 304 g/mol. The minimum Gasteiger partial charge on any atom is -0.335 e. The number of nitrogens with zero attached hydrogens (tertiary/aromatic N) is 4. The normalized spacial score (nSPS) is 11.1. The lowest BCUT2D eigenvalue weighted by molar-refractivity contribution is 0.720. The van der Waals surface area contributed by atoms with Crippen molar-refractivity contribution in [2.45, 2.75) is 67.2 Å². The molecule has 0 saturated carbocycles. The maximum absolute atomic E-state index is 4.47. The lowest BCUT2D eigenvalue weighted by Crippen LogP contribution is -2.00. The Labute approximate surface area is 135 Å². The second-order valence-corrected chi connectivity index (χ2v) is 6.69. The van der Waals surface area contributed by atoms with Crippen LogP contribution in [0.5, 0.6) is 0 Å². The zero-order valence-electron chi connectivity index (χ0n) is 15.9. The molecule has 0 aliphatic rings. The summed E-state index contributed by atoms with van der Waals surface area (Å²) in [5.74, 6) is 3.31. The average Bonchev–Trinajstić information content (AvgIpc) is 2.81. The molecule has 0 atom stereocenters. The smallest absolute Gasteiger partial charge is 0.105 e. The van der Waals surface area contributed by atoms with Crippen molar-refractivity contribution < 1.29 is 0 Å². The first kappa shape index (κ1) is 18.5. The third-order valence-corrected chi connectivity index (χ3v) is 4.28. The molecule has 2 aromatic rings. The van der Waals surface area contributed by atoms with Crippen molar-refractivity contribution in [1.82, 2.24) is 19.1 Å². The summed E-state index contributed by atoms with van der Waals surface area (Å²) in [6.45, 7) is 17.0. The summed E-state index contributed by atoms with van der Waals surface area (Å²) in [4.78, 5) is 8.87. The third-order valence-electron chi connectivity index (χ3n) is 4.28. The molecule has 0 spiro atoms. The molecule has 0 aliphatic carbocycles. The third kappa shape index (κ3) is 3.79. The lowest BCUT2D eigenvalue weighted by atomic mass is 10.1. The predicted octanol–water partition coefficient (Wildman–Crippen LogP) is 4.32. The molecule has 2 aromatic heterocycles. The van der Waals surface area contributed by atoms with Crippen LogP contribution in [0.4, 0.5) is 0 Å². The Morgan fingerprint density at radius 2 is 1.23 bits per heavy atom. The van der Waals surface area contributed by atoms with Gasteiger partial charge in [0.05, 0.1) is 11.4 Å². The van der Waals surface area contributed by atoms with Gasteiger partial charge in [-0.05, 0) is 39.5 Å². The van der Waals surface area contributed by atoms with Crippen LogP contribution < -0.4 is 0 Å². The second kappa shape index (κ2) is 7.12. The van der Waals surface area contributed by atoms with E-state index in [1.54, 1.807) is 0 Å². The Morgan fingerprint density at radius 3 is 1.41 bits per heavy atom. The molecule has 22 heavy (non-hydrogen) atoms. The summed E-state index contributed by atoms with van der Waals surface area (Å²) in [7, 11) is 4.13. The van der Waals surface area contributed by atoms with E-state index in [0.717, 1.165) is 11.6 Å². The van der Waals surface area contributed by atoms with Crippen LogP contribution in [0.1, 0.15) is 74.0 Å². The number of aromatic nitrogens is 4. The summed E-state index contributed by atoms with van der Waals surface area (Å²) >= 11 is 0. The van der Waals surface area contributed by atoms with Crippen LogP contribution in [0.3, 0.4) is 0 Å². The fourth-order valence-corrected chi connectivity index (χ4v) is 2.89. The van der Waals surface area contributed by atoms with E-state index in [-0.39, 0.29) is 0 Å². The largest absolute Gasteiger partial charge is 0.335 e. The molecule has 0 aromatic carbocycles. The minimum atomic E-state index is 0.537. The van der Waals surface area contributed by atoms with Crippen molar-refractivity contribution in [2.24, 2.45) is 14.1 Å². The van der Waals surface area contributed by atoms with Gasteiger partial charge >= 0.3 is 0 Å². The van der Waals surface area contributed by atoms with E-state index in [1.807, 2.05) is 13.8 Å². The first-order chi connectivity index (χ1) is 10.1. The van der Waals surface area contributed by atoms with Crippen LogP contribution in [0.2, 0.25) is 0 Å². The van der Waals surface area contributed by atoms with Gasteiger partial charge < -0.3 is 9.13 Å². The van der Waals surface area contributed by atoms with Gasteiger partial charge in [-0.1, -0.05) is 27.7 Å². The SMILES string of the molecule is Cc1nc(C(C)C)c(C)n1C.Cc1nc(C)n(C)c1C(C)C. The summed E-state index contributed by atoms with van der Waals surface area (Å²) in [5.41, 5.74) is 5.03. The van der Waals surface area contributed by atoms with Crippen molar-refractivity contribution >= 4 is 0 Å². The Hall–Kier alpha value is -1.58. The lowest BCUT2D eigenvalue weighted by Gasteiger charge is -2.07. The van der Waals surface area contributed by atoms with Gasteiger partial charge in [0.25, 0.3) is 0 Å². The first-order valence-corrected chi connectivity index (χ1v) is 8.07. The number of imidazole rings is 2. The second-order valence-electron chi connectivity index (χ2n) is 6.69. The Morgan fingerprint density at radius 1 is 0.727 bits per heavy atom. The fraction of sp³-hybridized carbons (Fsp3) is 0.667. The molecule has 0 amide bonds. The summed E-state index contributed by atoms with van der Waals surface area (Å²) in [5, 5.41) is 0. The molecule has 0 aliphatic heterocycles. The molecule has 124 valence electrons. The van der Waals surface area contributed by atoms with Crippen molar-refractivity contribution in [2.75, 3.05) is 0 Å². The Bertz CT molecular complexity index is 630. The van der Waals surface area contributed by atoms with Crippen LogP contribution in [0.15, 0.2) is 0 Å². The van der Waals surface area contributed by atoms with Gasteiger partial charge in [0.1, 0.15) is 11.6 Å². The molecule has 4 heteroatoms. The van der Waals surface area contributed by atoms with Gasteiger partial charge in [-0.2, -0.15) is 0 Å². The van der Waals surface area contributed by atoms with E-state index >= 15 is 0 Å². The Balaban J connectivity index is 0.000000220. The molecule has 0 saturated heterocycles. The number of aryl methyl sites for hydroxylation is 3. The van der Waals surface area contributed by atoms with Gasteiger partial charge in [-0.3, -0.25) is 0 Å².